The second-order valence-electron chi connectivity index (χ2n) is 8.26. The van der Waals surface area contributed by atoms with Crippen LogP contribution in [0.5, 0.6) is 0 Å². The lowest BCUT2D eigenvalue weighted by atomic mass is 9.84. The van der Waals surface area contributed by atoms with Gasteiger partial charge in [0.1, 0.15) is 5.60 Å². The number of aromatic amines is 1. The van der Waals surface area contributed by atoms with Crippen molar-refractivity contribution in [2.75, 3.05) is 19.8 Å². The molecule has 3 heterocycles. The molecular weight excluding hydrogens is 384 g/mol. The molecule has 2 atom stereocenters. The zero-order valence-corrected chi connectivity index (χ0v) is 17.5. The predicted octanol–water partition coefficient (Wildman–Crippen LogP) is 3.70. The van der Waals surface area contributed by atoms with Crippen LogP contribution in [0.4, 0.5) is 0 Å². The van der Waals surface area contributed by atoms with Crippen molar-refractivity contribution in [2.24, 2.45) is 0 Å². The third-order valence-electron chi connectivity index (χ3n) is 6.31. The fourth-order valence-electron chi connectivity index (χ4n) is 4.86. The molecule has 0 amide bonds. The fraction of sp³-hybridized carbons (Fsp3) is 0.565. The smallest absolute Gasteiger partial charge is 0.306 e. The molecule has 0 unspecified atom stereocenters. The summed E-state index contributed by atoms with van der Waals surface area (Å²) in [7, 11) is 0. The van der Waals surface area contributed by atoms with Crippen molar-refractivity contribution < 1.29 is 24.1 Å². The van der Waals surface area contributed by atoms with Crippen LogP contribution in [0.25, 0.3) is 10.9 Å². The molecule has 7 nitrogen and oxygen atoms in total. The zero-order chi connectivity index (χ0) is 21.3. The Balaban J connectivity index is 1.81. The van der Waals surface area contributed by atoms with Crippen LogP contribution < -0.4 is 0 Å². The number of rotatable bonds is 7. The number of aromatic nitrogens is 1. The third kappa shape index (κ3) is 3.60. The van der Waals surface area contributed by atoms with Crippen molar-refractivity contribution in [3.63, 3.8) is 0 Å². The van der Waals surface area contributed by atoms with Gasteiger partial charge in [0.15, 0.2) is 0 Å². The number of hydrogen-bond donors (Lipinski definition) is 2. The van der Waals surface area contributed by atoms with Crippen LogP contribution in [0.3, 0.4) is 0 Å². The third-order valence-corrected chi connectivity index (χ3v) is 6.31. The Kier molecular flexibility index (Phi) is 5.83. The zero-order valence-electron chi connectivity index (χ0n) is 17.5. The second kappa shape index (κ2) is 8.38. The average Bonchev–Trinajstić information content (AvgIpc) is 3.36. The number of H-pyrrole nitrogens is 1. The number of carboxylic acid groups (broad SMARTS) is 1. The maximum atomic E-state index is 11.7. The molecule has 1 fully saturated rings. The molecule has 1 aromatic heterocycles. The van der Waals surface area contributed by atoms with Crippen LogP contribution in [0.1, 0.15) is 60.6 Å². The summed E-state index contributed by atoms with van der Waals surface area (Å²) in [6.07, 6.45) is 2.94. The first-order valence-corrected chi connectivity index (χ1v) is 10.6. The minimum atomic E-state index is -0.889. The molecule has 0 aliphatic carbocycles. The van der Waals surface area contributed by atoms with E-state index in [1.165, 1.54) is 0 Å². The van der Waals surface area contributed by atoms with Gasteiger partial charge in [0, 0.05) is 12.0 Å². The number of nitriles is 1. The van der Waals surface area contributed by atoms with Gasteiger partial charge in [-0.15, -0.1) is 0 Å². The summed E-state index contributed by atoms with van der Waals surface area (Å²) < 4.78 is 17.5. The van der Waals surface area contributed by atoms with E-state index in [1.54, 1.807) is 0 Å². The molecule has 2 aliphatic heterocycles. The summed E-state index contributed by atoms with van der Waals surface area (Å²) in [5.41, 5.74) is 4.41. The fourth-order valence-corrected chi connectivity index (χ4v) is 4.86. The number of benzene rings is 1. The first kappa shape index (κ1) is 20.9. The van der Waals surface area contributed by atoms with Crippen LogP contribution in [0.15, 0.2) is 6.07 Å². The topological polar surface area (TPSA) is 105 Å². The monoisotopic (exact) mass is 412 g/mol. The van der Waals surface area contributed by atoms with Crippen molar-refractivity contribution in [3.8, 4) is 6.07 Å². The molecule has 1 saturated heterocycles. The van der Waals surface area contributed by atoms with Gasteiger partial charge in [0.2, 0.25) is 0 Å². The van der Waals surface area contributed by atoms with Gasteiger partial charge < -0.3 is 24.3 Å². The molecule has 1 aromatic carbocycles. The summed E-state index contributed by atoms with van der Waals surface area (Å²) in [6, 6.07) is 4.26. The standard InChI is InChI=1S/C23H28N2O5/c1-3-6-23(10-19(26)27)22-18(5-8-30-23)20-15(11-24)9-16(14(2)21(20)25-22)12-29-17-4-7-28-13-17/h9,17,25H,3-8,10,12-13H2,1-2H3,(H,26,27)/t17-,23-/m0/s1. The van der Waals surface area contributed by atoms with Crippen molar-refractivity contribution in [1.29, 1.82) is 5.26 Å². The summed E-state index contributed by atoms with van der Waals surface area (Å²) in [4.78, 5) is 15.1. The quantitative estimate of drug-likeness (QED) is 0.719. The molecular formula is C23H28N2O5. The first-order chi connectivity index (χ1) is 14.5. The molecule has 2 aliphatic rings. The Labute approximate surface area is 175 Å². The SMILES string of the molecule is CCC[C@@]1(CC(=O)O)OCCc2c1[nH]c1c(C)c(CO[C@H]3CCOC3)cc(C#N)c21. The highest BCUT2D eigenvalue weighted by molar-refractivity contribution is 5.94. The number of carboxylic acids is 1. The van der Waals surface area contributed by atoms with E-state index < -0.39 is 11.6 Å². The van der Waals surface area contributed by atoms with E-state index in [1.807, 2.05) is 19.9 Å². The van der Waals surface area contributed by atoms with Gasteiger partial charge in [-0.2, -0.15) is 5.26 Å². The highest BCUT2D eigenvalue weighted by atomic mass is 16.5. The lowest BCUT2D eigenvalue weighted by Gasteiger charge is -2.36. The van der Waals surface area contributed by atoms with E-state index in [-0.39, 0.29) is 12.5 Å². The van der Waals surface area contributed by atoms with Gasteiger partial charge in [0.05, 0.1) is 55.2 Å². The Hall–Kier alpha value is -2.40. The lowest BCUT2D eigenvalue weighted by Crippen LogP contribution is -2.37. The molecule has 0 saturated carbocycles. The maximum absolute atomic E-state index is 11.7. The van der Waals surface area contributed by atoms with Crippen molar-refractivity contribution in [3.05, 3.63) is 34.0 Å². The summed E-state index contributed by atoms with van der Waals surface area (Å²) in [5.74, 6) is -0.889. The van der Waals surface area contributed by atoms with Gasteiger partial charge in [0.25, 0.3) is 0 Å². The molecule has 2 N–H and O–H groups in total. The number of nitrogens with one attached hydrogen (secondary N) is 1. The number of carbonyl (C=O) groups is 1. The van der Waals surface area contributed by atoms with Gasteiger partial charge in [-0.1, -0.05) is 13.3 Å². The minimum Gasteiger partial charge on any atom is -0.481 e. The van der Waals surface area contributed by atoms with Crippen LogP contribution in [0.2, 0.25) is 0 Å². The Morgan fingerprint density at radius 1 is 1.47 bits per heavy atom. The largest absolute Gasteiger partial charge is 0.481 e. The molecule has 0 bridgehead atoms. The number of nitrogens with zero attached hydrogens (tertiary/aromatic N) is 1. The van der Waals surface area contributed by atoms with Crippen molar-refractivity contribution >= 4 is 16.9 Å². The number of ether oxygens (including phenoxy) is 3. The van der Waals surface area contributed by atoms with Crippen LogP contribution in [-0.4, -0.2) is 42.0 Å². The molecule has 30 heavy (non-hydrogen) atoms. The van der Waals surface area contributed by atoms with E-state index in [0.717, 1.165) is 52.7 Å². The van der Waals surface area contributed by atoms with Gasteiger partial charge in [-0.3, -0.25) is 4.79 Å². The van der Waals surface area contributed by atoms with Gasteiger partial charge in [-0.25, -0.2) is 0 Å². The van der Waals surface area contributed by atoms with E-state index in [0.29, 0.717) is 38.2 Å². The summed E-state index contributed by atoms with van der Waals surface area (Å²) >= 11 is 0. The molecule has 7 heteroatoms. The highest BCUT2D eigenvalue weighted by Crippen LogP contribution is 2.44. The van der Waals surface area contributed by atoms with Crippen LogP contribution >= 0.6 is 0 Å². The van der Waals surface area contributed by atoms with Gasteiger partial charge >= 0.3 is 5.97 Å². The van der Waals surface area contributed by atoms with Crippen LogP contribution in [0, 0.1) is 18.3 Å². The molecule has 0 radical (unpaired) electrons. The first-order valence-electron chi connectivity index (χ1n) is 10.6. The Morgan fingerprint density at radius 2 is 2.30 bits per heavy atom. The molecule has 160 valence electrons. The minimum absolute atomic E-state index is 0.0867. The van der Waals surface area contributed by atoms with Crippen molar-refractivity contribution in [1.82, 2.24) is 4.98 Å². The van der Waals surface area contributed by atoms with E-state index in [4.69, 9.17) is 14.2 Å². The van der Waals surface area contributed by atoms with Gasteiger partial charge in [-0.05, 0) is 48.9 Å². The van der Waals surface area contributed by atoms with E-state index in [9.17, 15) is 15.2 Å². The van der Waals surface area contributed by atoms with E-state index in [2.05, 4.69) is 11.1 Å². The molecule has 4 rings (SSSR count). The summed E-state index contributed by atoms with van der Waals surface area (Å²) in [6.45, 7) is 6.24. The lowest BCUT2D eigenvalue weighted by molar-refractivity contribution is -0.149. The molecule has 0 spiro atoms. The normalized spacial score (nSPS) is 23.4. The Morgan fingerprint density at radius 3 is 2.97 bits per heavy atom. The predicted molar refractivity (Wildman–Crippen MR) is 110 cm³/mol. The average molecular weight is 412 g/mol. The summed E-state index contributed by atoms with van der Waals surface area (Å²) in [5, 5.41) is 20.3. The van der Waals surface area contributed by atoms with Crippen LogP contribution in [-0.2, 0) is 37.6 Å². The number of fused-ring (bicyclic) bond motifs is 3. The molecule has 2 aromatic rings. The van der Waals surface area contributed by atoms with Crippen molar-refractivity contribution in [2.45, 2.75) is 64.3 Å². The second-order valence-corrected chi connectivity index (χ2v) is 8.26. The number of hydrogen-bond acceptors (Lipinski definition) is 5. The number of aryl methyl sites for hydroxylation is 1. The number of aliphatic carboxylic acids is 1. The van der Waals surface area contributed by atoms with E-state index >= 15 is 0 Å². The maximum Gasteiger partial charge on any atom is 0.306 e. The Bertz CT molecular complexity index is 999. The highest BCUT2D eigenvalue weighted by Gasteiger charge is 2.42.